The van der Waals surface area contributed by atoms with Crippen molar-refractivity contribution in [3.63, 3.8) is 0 Å². The molecule has 1 atom stereocenters. The minimum absolute atomic E-state index is 0.0236. The van der Waals surface area contributed by atoms with Crippen LogP contribution in [0.4, 0.5) is 5.13 Å². The summed E-state index contributed by atoms with van der Waals surface area (Å²) in [6.07, 6.45) is 0.733. The fourth-order valence-electron chi connectivity index (χ4n) is 1.93. The molecule has 0 aliphatic rings. The van der Waals surface area contributed by atoms with Gasteiger partial charge in [-0.2, -0.15) is 0 Å². The number of benzene rings is 1. The number of carbonyl (C=O) groups is 1. The van der Waals surface area contributed by atoms with E-state index < -0.39 is 0 Å². The molecule has 0 saturated carbocycles. The number of methoxy groups -OCH3 is 1. The van der Waals surface area contributed by atoms with Crippen LogP contribution >= 0.6 is 23.1 Å². The van der Waals surface area contributed by atoms with Gasteiger partial charge in [-0.25, -0.2) is 0 Å². The average Bonchev–Trinajstić information content (AvgIpc) is 3.06. The summed E-state index contributed by atoms with van der Waals surface area (Å²) in [6, 6.07) is 9.89. The zero-order valence-corrected chi connectivity index (χ0v) is 15.5. The Morgan fingerprint density at radius 1 is 1.33 bits per heavy atom. The molecule has 24 heavy (non-hydrogen) atoms. The maximum absolute atomic E-state index is 12.4. The molecular formula is C16H22N4O2S2. The van der Waals surface area contributed by atoms with Crippen LogP contribution in [0.3, 0.4) is 0 Å². The van der Waals surface area contributed by atoms with Crippen LogP contribution in [-0.4, -0.2) is 41.6 Å². The number of ether oxygens (including phenoxy) is 1. The molecule has 0 aliphatic heterocycles. The minimum atomic E-state index is -0.173. The van der Waals surface area contributed by atoms with Gasteiger partial charge in [0.1, 0.15) is 0 Å². The van der Waals surface area contributed by atoms with Gasteiger partial charge in [0.05, 0.1) is 11.9 Å². The molecule has 1 unspecified atom stereocenters. The third kappa shape index (κ3) is 6.10. The van der Waals surface area contributed by atoms with E-state index in [1.54, 1.807) is 7.11 Å². The molecule has 0 fully saturated rings. The van der Waals surface area contributed by atoms with Gasteiger partial charge < -0.3 is 15.4 Å². The van der Waals surface area contributed by atoms with Crippen LogP contribution in [0.2, 0.25) is 0 Å². The van der Waals surface area contributed by atoms with Crippen molar-refractivity contribution in [1.29, 1.82) is 0 Å². The molecule has 1 aromatic carbocycles. The normalized spacial score (nSPS) is 11.9. The lowest BCUT2D eigenvalue weighted by Gasteiger charge is -2.13. The van der Waals surface area contributed by atoms with Crippen LogP contribution < -0.4 is 10.6 Å². The van der Waals surface area contributed by atoms with Gasteiger partial charge in [-0.1, -0.05) is 60.4 Å². The van der Waals surface area contributed by atoms with Crippen LogP contribution in [0.5, 0.6) is 0 Å². The standard InChI is InChI=1S/C16H22N4O2S2/c1-3-13(14(21)18-11-12-7-5-4-6-8-12)23-16-20-19-15(24-16)17-9-10-22-2/h4-8,13H,3,9-11H2,1-2H3,(H,17,19)(H,18,21). The van der Waals surface area contributed by atoms with Gasteiger partial charge in [0.2, 0.25) is 11.0 Å². The molecule has 130 valence electrons. The maximum Gasteiger partial charge on any atom is 0.233 e. The van der Waals surface area contributed by atoms with E-state index in [1.165, 1.54) is 23.1 Å². The molecule has 0 spiro atoms. The Kier molecular flexibility index (Phi) is 8.00. The maximum atomic E-state index is 12.4. The third-order valence-corrected chi connectivity index (χ3v) is 5.53. The van der Waals surface area contributed by atoms with E-state index in [1.807, 2.05) is 37.3 Å². The van der Waals surface area contributed by atoms with Crippen molar-refractivity contribution in [3.8, 4) is 0 Å². The molecular weight excluding hydrogens is 344 g/mol. The van der Waals surface area contributed by atoms with E-state index in [0.29, 0.717) is 19.7 Å². The summed E-state index contributed by atoms with van der Waals surface area (Å²) in [5, 5.41) is 14.9. The molecule has 1 heterocycles. The van der Waals surface area contributed by atoms with E-state index in [9.17, 15) is 4.79 Å². The van der Waals surface area contributed by atoms with Crippen LogP contribution in [0.15, 0.2) is 34.7 Å². The number of carbonyl (C=O) groups excluding carboxylic acids is 1. The third-order valence-electron chi connectivity index (χ3n) is 3.20. The monoisotopic (exact) mass is 366 g/mol. The molecule has 0 bridgehead atoms. The fourth-order valence-corrected chi connectivity index (χ4v) is 3.90. The Balaban J connectivity index is 1.83. The second-order valence-electron chi connectivity index (χ2n) is 5.01. The van der Waals surface area contributed by atoms with Gasteiger partial charge in [0.15, 0.2) is 4.34 Å². The zero-order valence-electron chi connectivity index (χ0n) is 13.8. The molecule has 1 amide bonds. The predicted molar refractivity (Wildman–Crippen MR) is 98.5 cm³/mol. The van der Waals surface area contributed by atoms with Crippen molar-refractivity contribution >= 4 is 34.1 Å². The molecule has 8 heteroatoms. The first-order valence-corrected chi connectivity index (χ1v) is 9.47. The molecule has 2 aromatic rings. The van der Waals surface area contributed by atoms with Gasteiger partial charge in [-0.3, -0.25) is 4.79 Å². The van der Waals surface area contributed by atoms with E-state index >= 15 is 0 Å². The number of thioether (sulfide) groups is 1. The van der Waals surface area contributed by atoms with Gasteiger partial charge in [0, 0.05) is 20.2 Å². The largest absolute Gasteiger partial charge is 0.383 e. The SMILES string of the molecule is CCC(Sc1nnc(NCCOC)s1)C(=O)NCc1ccccc1. The molecule has 2 N–H and O–H groups in total. The quantitative estimate of drug-likeness (QED) is 0.497. The van der Waals surface area contributed by atoms with E-state index in [0.717, 1.165) is 21.5 Å². The highest BCUT2D eigenvalue weighted by Crippen LogP contribution is 2.30. The summed E-state index contributed by atoms with van der Waals surface area (Å²) in [6.45, 7) is 3.83. The van der Waals surface area contributed by atoms with Crippen molar-refractivity contribution in [1.82, 2.24) is 15.5 Å². The minimum Gasteiger partial charge on any atom is -0.383 e. The Labute approximate surface area is 150 Å². The summed E-state index contributed by atoms with van der Waals surface area (Å²) < 4.78 is 5.77. The Hall–Kier alpha value is -1.64. The number of rotatable bonds is 10. The van der Waals surface area contributed by atoms with Gasteiger partial charge in [0.25, 0.3) is 0 Å². The van der Waals surface area contributed by atoms with Crippen LogP contribution in [0.25, 0.3) is 0 Å². The number of amides is 1. The van der Waals surface area contributed by atoms with Gasteiger partial charge >= 0.3 is 0 Å². The fraction of sp³-hybridized carbons (Fsp3) is 0.438. The van der Waals surface area contributed by atoms with E-state index in [-0.39, 0.29) is 11.2 Å². The Morgan fingerprint density at radius 3 is 2.83 bits per heavy atom. The lowest BCUT2D eigenvalue weighted by molar-refractivity contribution is -0.120. The highest BCUT2D eigenvalue weighted by molar-refractivity contribution is 8.02. The Morgan fingerprint density at radius 2 is 2.12 bits per heavy atom. The van der Waals surface area contributed by atoms with Crippen LogP contribution in [0.1, 0.15) is 18.9 Å². The van der Waals surface area contributed by atoms with Crippen LogP contribution in [0, 0.1) is 0 Å². The lowest BCUT2D eigenvalue weighted by Crippen LogP contribution is -2.31. The number of nitrogens with one attached hydrogen (secondary N) is 2. The molecule has 6 nitrogen and oxygen atoms in total. The van der Waals surface area contributed by atoms with Gasteiger partial charge in [-0.05, 0) is 12.0 Å². The summed E-state index contributed by atoms with van der Waals surface area (Å²) in [7, 11) is 1.66. The zero-order chi connectivity index (χ0) is 17.2. The molecule has 1 aromatic heterocycles. The molecule has 0 radical (unpaired) electrons. The predicted octanol–water partition coefficient (Wildman–Crippen LogP) is 2.78. The second-order valence-corrected chi connectivity index (χ2v) is 7.44. The molecule has 0 aliphatic carbocycles. The number of hydrogen-bond donors (Lipinski definition) is 2. The molecule has 2 rings (SSSR count). The first kappa shape index (κ1) is 18.7. The van der Waals surface area contributed by atoms with Crippen molar-refractivity contribution in [2.75, 3.05) is 25.6 Å². The van der Waals surface area contributed by atoms with Gasteiger partial charge in [-0.15, -0.1) is 10.2 Å². The number of nitrogens with zero attached hydrogens (tertiary/aromatic N) is 2. The molecule has 0 saturated heterocycles. The van der Waals surface area contributed by atoms with Crippen LogP contribution in [-0.2, 0) is 16.1 Å². The number of hydrogen-bond acceptors (Lipinski definition) is 7. The van der Waals surface area contributed by atoms with Crippen molar-refractivity contribution in [2.24, 2.45) is 0 Å². The summed E-state index contributed by atoms with van der Waals surface area (Å²) in [4.78, 5) is 12.4. The smallest absolute Gasteiger partial charge is 0.233 e. The Bertz CT molecular complexity index is 622. The number of aromatic nitrogens is 2. The highest BCUT2D eigenvalue weighted by Gasteiger charge is 2.20. The summed E-state index contributed by atoms with van der Waals surface area (Å²) >= 11 is 2.91. The summed E-state index contributed by atoms with van der Waals surface area (Å²) in [5.74, 6) is 0.0236. The van der Waals surface area contributed by atoms with Crippen molar-refractivity contribution < 1.29 is 9.53 Å². The number of anilines is 1. The van der Waals surface area contributed by atoms with Crippen molar-refractivity contribution in [2.45, 2.75) is 29.5 Å². The van der Waals surface area contributed by atoms with E-state index in [2.05, 4.69) is 20.8 Å². The van der Waals surface area contributed by atoms with E-state index in [4.69, 9.17) is 4.74 Å². The summed E-state index contributed by atoms with van der Waals surface area (Å²) in [5.41, 5.74) is 1.09. The van der Waals surface area contributed by atoms with Crippen molar-refractivity contribution in [3.05, 3.63) is 35.9 Å². The lowest BCUT2D eigenvalue weighted by atomic mass is 10.2. The second kappa shape index (κ2) is 10.3. The first-order valence-electron chi connectivity index (χ1n) is 7.77. The highest BCUT2D eigenvalue weighted by atomic mass is 32.2. The first-order chi connectivity index (χ1) is 11.7. The average molecular weight is 367 g/mol. The topological polar surface area (TPSA) is 76.1 Å².